The molecule has 5 heteroatoms. The summed E-state index contributed by atoms with van der Waals surface area (Å²) >= 11 is 0. The van der Waals surface area contributed by atoms with Gasteiger partial charge in [-0.3, -0.25) is 0 Å². The molecule has 2 aromatic carbocycles. The highest BCUT2D eigenvalue weighted by atomic mass is 19.1. The van der Waals surface area contributed by atoms with E-state index in [-0.39, 0.29) is 17.9 Å². The van der Waals surface area contributed by atoms with Crippen molar-refractivity contribution in [1.29, 1.82) is 0 Å². The lowest BCUT2D eigenvalue weighted by molar-refractivity contribution is 0.249. The van der Waals surface area contributed by atoms with Crippen LogP contribution in [0.1, 0.15) is 18.5 Å². The third-order valence-corrected chi connectivity index (χ3v) is 2.89. The predicted octanol–water partition coefficient (Wildman–Crippen LogP) is 3.29. The number of nitrogens with one attached hydrogen (secondary N) is 2. The van der Waals surface area contributed by atoms with Crippen LogP contribution in [0.3, 0.4) is 0 Å². The molecule has 0 spiro atoms. The van der Waals surface area contributed by atoms with Gasteiger partial charge in [0.1, 0.15) is 5.82 Å². The Balaban J connectivity index is 1.93. The van der Waals surface area contributed by atoms with Crippen LogP contribution < -0.4 is 16.4 Å². The zero-order valence-corrected chi connectivity index (χ0v) is 11.1. The first-order chi connectivity index (χ1) is 9.54. The molecule has 0 saturated heterocycles. The molecule has 0 bridgehead atoms. The van der Waals surface area contributed by atoms with Crippen LogP contribution in [0.5, 0.6) is 0 Å². The van der Waals surface area contributed by atoms with E-state index < -0.39 is 0 Å². The van der Waals surface area contributed by atoms with Crippen molar-refractivity contribution in [1.82, 2.24) is 5.32 Å². The molecule has 4 N–H and O–H groups in total. The number of carbonyl (C=O) groups excluding carboxylic acids is 1. The van der Waals surface area contributed by atoms with Crippen molar-refractivity contribution in [2.45, 2.75) is 13.0 Å². The lowest BCUT2D eigenvalue weighted by Crippen LogP contribution is -2.31. The van der Waals surface area contributed by atoms with Gasteiger partial charge in [-0.05, 0) is 48.9 Å². The van der Waals surface area contributed by atoms with Crippen molar-refractivity contribution in [3.05, 3.63) is 59.9 Å². The zero-order chi connectivity index (χ0) is 14.5. The molecular formula is C15H16FN3O. The van der Waals surface area contributed by atoms with Gasteiger partial charge in [0.25, 0.3) is 0 Å². The van der Waals surface area contributed by atoms with E-state index in [0.29, 0.717) is 11.4 Å². The molecule has 20 heavy (non-hydrogen) atoms. The number of halogens is 1. The first-order valence-corrected chi connectivity index (χ1v) is 6.23. The molecule has 0 radical (unpaired) electrons. The van der Waals surface area contributed by atoms with Crippen molar-refractivity contribution in [2.75, 3.05) is 11.1 Å². The summed E-state index contributed by atoms with van der Waals surface area (Å²) in [4.78, 5) is 11.8. The number of nitrogens with two attached hydrogens (primary N) is 1. The van der Waals surface area contributed by atoms with Crippen LogP contribution in [-0.4, -0.2) is 6.03 Å². The summed E-state index contributed by atoms with van der Waals surface area (Å²) in [6.07, 6.45) is 0. The van der Waals surface area contributed by atoms with E-state index >= 15 is 0 Å². The molecule has 4 nitrogen and oxygen atoms in total. The largest absolute Gasteiger partial charge is 0.399 e. The Morgan fingerprint density at radius 3 is 2.30 bits per heavy atom. The van der Waals surface area contributed by atoms with Gasteiger partial charge >= 0.3 is 6.03 Å². The van der Waals surface area contributed by atoms with Crippen LogP contribution in [0.4, 0.5) is 20.6 Å². The molecule has 2 amide bonds. The van der Waals surface area contributed by atoms with Gasteiger partial charge in [0.2, 0.25) is 0 Å². The number of nitrogen functional groups attached to an aromatic ring is 1. The van der Waals surface area contributed by atoms with Crippen molar-refractivity contribution >= 4 is 17.4 Å². The lowest BCUT2D eigenvalue weighted by atomic mass is 10.1. The van der Waals surface area contributed by atoms with E-state index in [9.17, 15) is 9.18 Å². The molecule has 0 aliphatic carbocycles. The minimum absolute atomic E-state index is 0.218. The summed E-state index contributed by atoms with van der Waals surface area (Å²) in [6.45, 7) is 1.83. The van der Waals surface area contributed by atoms with E-state index in [0.717, 1.165) is 5.56 Å². The van der Waals surface area contributed by atoms with E-state index in [4.69, 9.17) is 5.73 Å². The summed E-state index contributed by atoms with van der Waals surface area (Å²) in [5.41, 5.74) is 7.69. The fourth-order valence-corrected chi connectivity index (χ4v) is 1.77. The van der Waals surface area contributed by atoms with Crippen LogP contribution in [0.2, 0.25) is 0 Å². The Morgan fingerprint density at radius 1 is 1.10 bits per heavy atom. The van der Waals surface area contributed by atoms with Crippen LogP contribution in [0.25, 0.3) is 0 Å². The average Bonchev–Trinajstić information content (AvgIpc) is 2.42. The number of urea groups is 1. The van der Waals surface area contributed by atoms with Gasteiger partial charge in [0.15, 0.2) is 0 Å². The number of amides is 2. The number of hydrogen-bond donors (Lipinski definition) is 3. The quantitative estimate of drug-likeness (QED) is 0.751. The summed E-state index contributed by atoms with van der Waals surface area (Å²) in [5, 5.41) is 5.48. The summed E-state index contributed by atoms with van der Waals surface area (Å²) in [7, 11) is 0. The second-order valence-electron chi connectivity index (χ2n) is 4.49. The molecule has 0 aromatic heterocycles. The molecular weight excluding hydrogens is 257 g/mol. The van der Waals surface area contributed by atoms with Gasteiger partial charge in [0.05, 0.1) is 6.04 Å². The monoisotopic (exact) mass is 273 g/mol. The van der Waals surface area contributed by atoms with Gasteiger partial charge in [-0.2, -0.15) is 0 Å². The van der Waals surface area contributed by atoms with Crippen molar-refractivity contribution in [3.63, 3.8) is 0 Å². The highest BCUT2D eigenvalue weighted by Crippen LogP contribution is 2.14. The van der Waals surface area contributed by atoms with Crippen molar-refractivity contribution in [3.8, 4) is 0 Å². The van der Waals surface area contributed by atoms with Crippen LogP contribution in [0, 0.1) is 5.82 Å². The molecule has 2 rings (SSSR count). The number of benzene rings is 2. The highest BCUT2D eigenvalue weighted by Gasteiger charge is 2.09. The van der Waals surface area contributed by atoms with Crippen molar-refractivity contribution in [2.24, 2.45) is 0 Å². The van der Waals surface area contributed by atoms with Gasteiger partial charge in [-0.1, -0.05) is 12.1 Å². The molecule has 2 aromatic rings. The standard InChI is InChI=1S/C15H16FN3O/c1-10(11-2-4-12(16)5-3-11)18-15(20)19-14-8-6-13(17)7-9-14/h2-10H,17H2,1H3,(H2,18,19,20). The molecule has 0 fully saturated rings. The molecule has 0 aliphatic heterocycles. The smallest absolute Gasteiger partial charge is 0.319 e. The molecule has 0 aliphatic rings. The molecule has 1 unspecified atom stereocenters. The minimum atomic E-state index is -0.327. The number of anilines is 2. The maximum Gasteiger partial charge on any atom is 0.319 e. The molecule has 0 saturated carbocycles. The van der Waals surface area contributed by atoms with Gasteiger partial charge < -0.3 is 16.4 Å². The fraction of sp³-hybridized carbons (Fsp3) is 0.133. The Morgan fingerprint density at radius 2 is 1.70 bits per heavy atom. The third-order valence-electron chi connectivity index (χ3n) is 2.89. The Bertz CT molecular complexity index is 581. The summed E-state index contributed by atoms with van der Waals surface area (Å²) < 4.78 is 12.8. The zero-order valence-electron chi connectivity index (χ0n) is 11.1. The molecule has 0 heterocycles. The number of rotatable bonds is 3. The van der Waals surface area contributed by atoms with Crippen LogP contribution in [0.15, 0.2) is 48.5 Å². The Kier molecular flexibility index (Phi) is 4.20. The van der Waals surface area contributed by atoms with Crippen LogP contribution >= 0.6 is 0 Å². The second kappa shape index (κ2) is 6.06. The molecule has 1 atom stereocenters. The number of carbonyl (C=O) groups is 1. The first-order valence-electron chi connectivity index (χ1n) is 6.23. The summed E-state index contributed by atoms with van der Waals surface area (Å²) in [6, 6.07) is 12.3. The van der Waals surface area contributed by atoms with Gasteiger partial charge in [0, 0.05) is 11.4 Å². The van der Waals surface area contributed by atoms with Crippen molar-refractivity contribution < 1.29 is 9.18 Å². The van der Waals surface area contributed by atoms with Gasteiger partial charge in [-0.25, -0.2) is 9.18 Å². The SMILES string of the molecule is CC(NC(=O)Nc1ccc(N)cc1)c1ccc(F)cc1. The maximum atomic E-state index is 12.8. The average molecular weight is 273 g/mol. The minimum Gasteiger partial charge on any atom is -0.399 e. The third kappa shape index (κ3) is 3.71. The fourth-order valence-electron chi connectivity index (χ4n) is 1.77. The topological polar surface area (TPSA) is 67.2 Å². The normalized spacial score (nSPS) is 11.7. The van der Waals surface area contributed by atoms with E-state index in [1.807, 2.05) is 6.92 Å². The lowest BCUT2D eigenvalue weighted by Gasteiger charge is -2.15. The van der Waals surface area contributed by atoms with E-state index in [1.54, 1.807) is 36.4 Å². The second-order valence-corrected chi connectivity index (χ2v) is 4.49. The highest BCUT2D eigenvalue weighted by molar-refractivity contribution is 5.89. The van der Waals surface area contributed by atoms with Crippen LogP contribution in [-0.2, 0) is 0 Å². The molecule has 104 valence electrons. The predicted molar refractivity (Wildman–Crippen MR) is 77.8 cm³/mol. The summed E-state index contributed by atoms with van der Waals surface area (Å²) in [5.74, 6) is -0.299. The van der Waals surface area contributed by atoms with E-state index in [1.165, 1.54) is 12.1 Å². The number of hydrogen-bond acceptors (Lipinski definition) is 2. The van der Waals surface area contributed by atoms with E-state index in [2.05, 4.69) is 10.6 Å². The first kappa shape index (κ1) is 13.9. The maximum absolute atomic E-state index is 12.8. The Hall–Kier alpha value is -2.56. The Labute approximate surface area is 116 Å². The van der Waals surface area contributed by atoms with Gasteiger partial charge in [-0.15, -0.1) is 0 Å².